The van der Waals surface area contributed by atoms with Crippen molar-refractivity contribution in [1.29, 1.82) is 0 Å². The van der Waals surface area contributed by atoms with Gasteiger partial charge in [-0.1, -0.05) is 54.6 Å². The first-order chi connectivity index (χ1) is 14.2. The van der Waals surface area contributed by atoms with Gasteiger partial charge in [0.2, 0.25) is 0 Å². The van der Waals surface area contributed by atoms with Gasteiger partial charge in [0.1, 0.15) is 6.61 Å². The highest BCUT2D eigenvalue weighted by atomic mass is 16.6. The molecule has 0 radical (unpaired) electrons. The lowest BCUT2D eigenvalue weighted by molar-refractivity contribution is 0.0507. The Morgan fingerprint density at radius 3 is 2.55 bits per heavy atom. The molecule has 2 aromatic carbocycles. The number of hydrogen-bond donors (Lipinski definition) is 0. The second-order valence-electron chi connectivity index (χ2n) is 7.53. The van der Waals surface area contributed by atoms with Crippen LogP contribution in [0.4, 0.5) is 4.79 Å². The van der Waals surface area contributed by atoms with Gasteiger partial charge < -0.3 is 9.47 Å². The van der Waals surface area contributed by atoms with Crippen LogP contribution in [-0.4, -0.2) is 36.2 Å². The van der Waals surface area contributed by atoms with Gasteiger partial charge in [0.15, 0.2) is 0 Å². The Morgan fingerprint density at radius 2 is 1.79 bits per heavy atom. The summed E-state index contributed by atoms with van der Waals surface area (Å²) in [7, 11) is 1.40. The minimum absolute atomic E-state index is 0.00789. The molecular weight excluding hydrogens is 366 g/mol. The van der Waals surface area contributed by atoms with Crippen LogP contribution in [0.15, 0.2) is 60.7 Å². The second-order valence-corrected chi connectivity index (χ2v) is 7.53. The molecule has 4 rings (SSSR count). The molecule has 0 saturated carbocycles. The number of methoxy groups -OCH3 is 1. The normalized spacial score (nSPS) is 20.6. The SMILES string of the molecule is COC(=O)c1ccccc1C1=CC2CCCC(C1)N2C(=O)OCc1ccccc1. The number of amides is 1. The average Bonchev–Trinajstić information content (AvgIpc) is 2.76. The zero-order chi connectivity index (χ0) is 20.2. The first-order valence-corrected chi connectivity index (χ1v) is 10.0. The summed E-state index contributed by atoms with van der Waals surface area (Å²) in [6, 6.07) is 17.3. The number of hydrogen-bond acceptors (Lipinski definition) is 4. The number of fused-ring (bicyclic) bond motifs is 2. The molecule has 5 heteroatoms. The maximum absolute atomic E-state index is 12.9. The lowest BCUT2D eigenvalue weighted by Crippen LogP contribution is -2.51. The van der Waals surface area contributed by atoms with Crippen molar-refractivity contribution in [2.45, 2.75) is 44.4 Å². The van der Waals surface area contributed by atoms with Crippen LogP contribution < -0.4 is 0 Å². The fourth-order valence-corrected chi connectivity index (χ4v) is 4.36. The Kier molecular flexibility index (Phi) is 5.65. The zero-order valence-corrected chi connectivity index (χ0v) is 16.5. The Morgan fingerprint density at radius 1 is 1.03 bits per heavy atom. The number of ether oxygens (including phenoxy) is 2. The van der Waals surface area contributed by atoms with Crippen LogP contribution in [0.1, 0.15) is 47.2 Å². The van der Waals surface area contributed by atoms with Gasteiger partial charge in [-0.25, -0.2) is 9.59 Å². The van der Waals surface area contributed by atoms with E-state index in [0.29, 0.717) is 12.0 Å². The van der Waals surface area contributed by atoms with Crippen molar-refractivity contribution in [1.82, 2.24) is 4.90 Å². The molecule has 2 bridgehead atoms. The maximum Gasteiger partial charge on any atom is 0.410 e. The van der Waals surface area contributed by atoms with E-state index in [-0.39, 0.29) is 30.8 Å². The largest absolute Gasteiger partial charge is 0.465 e. The van der Waals surface area contributed by atoms with Crippen LogP contribution in [0.5, 0.6) is 0 Å². The van der Waals surface area contributed by atoms with Crippen LogP contribution in [0, 0.1) is 0 Å². The lowest BCUT2D eigenvalue weighted by atomic mass is 9.82. The van der Waals surface area contributed by atoms with E-state index in [1.807, 2.05) is 53.4 Å². The van der Waals surface area contributed by atoms with Crippen molar-refractivity contribution >= 4 is 17.6 Å². The summed E-state index contributed by atoms with van der Waals surface area (Å²) in [4.78, 5) is 26.9. The van der Waals surface area contributed by atoms with Gasteiger partial charge in [0.05, 0.1) is 18.7 Å². The first-order valence-electron chi connectivity index (χ1n) is 10.0. The third-order valence-corrected chi connectivity index (χ3v) is 5.73. The molecule has 0 spiro atoms. The van der Waals surface area contributed by atoms with Gasteiger partial charge in [0, 0.05) is 6.04 Å². The van der Waals surface area contributed by atoms with Gasteiger partial charge >= 0.3 is 12.1 Å². The molecule has 29 heavy (non-hydrogen) atoms. The number of rotatable bonds is 4. The molecule has 0 aliphatic carbocycles. The van der Waals surface area contributed by atoms with E-state index in [1.165, 1.54) is 7.11 Å². The Balaban J connectivity index is 1.55. The average molecular weight is 391 g/mol. The summed E-state index contributed by atoms with van der Waals surface area (Å²) in [5, 5.41) is 0. The Labute approximate surface area is 170 Å². The highest BCUT2D eigenvalue weighted by molar-refractivity contribution is 5.95. The predicted molar refractivity (Wildman–Crippen MR) is 110 cm³/mol. The summed E-state index contributed by atoms with van der Waals surface area (Å²) in [5.74, 6) is -0.337. The van der Waals surface area contributed by atoms with Crippen molar-refractivity contribution in [3.8, 4) is 0 Å². The minimum atomic E-state index is -0.337. The molecule has 2 atom stereocenters. The van der Waals surface area contributed by atoms with E-state index in [1.54, 1.807) is 6.07 Å². The summed E-state index contributed by atoms with van der Waals surface area (Å²) in [6.45, 7) is 0.275. The highest BCUT2D eigenvalue weighted by Gasteiger charge is 2.38. The maximum atomic E-state index is 12.9. The Hall–Kier alpha value is -3.08. The molecule has 150 valence electrons. The van der Waals surface area contributed by atoms with Crippen molar-refractivity contribution in [3.63, 3.8) is 0 Å². The van der Waals surface area contributed by atoms with Crippen molar-refractivity contribution in [3.05, 3.63) is 77.4 Å². The predicted octanol–water partition coefficient (Wildman–Crippen LogP) is 4.82. The molecular formula is C24H25NO4. The van der Waals surface area contributed by atoms with E-state index >= 15 is 0 Å². The number of nitrogens with zero attached hydrogens (tertiary/aromatic N) is 1. The van der Waals surface area contributed by atoms with E-state index < -0.39 is 0 Å². The highest BCUT2D eigenvalue weighted by Crippen LogP contribution is 2.38. The van der Waals surface area contributed by atoms with Gasteiger partial charge in [-0.05, 0) is 48.4 Å². The number of esters is 1. The van der Waals surface area contributed by atoms with Gasteiger partial charge in [0.25, 0.3) is 0 Å². The fraction of sp³-hybridized carbons (Fsp3) is 0.333. The van der Waals surface area contributed by atoms with Crippen LogP contribution in [0.2, 0.25) is 0 Å². The molecule has 2 aliphatic rings. The number of carbonyl (C=O) groups excluding carboxylic acids is 2. The standard InChI is InChI=1S/C24H25NO4/c1-28-23(26)22-13-6-5-12-21(22)18-14-19-10-7-11-20(15-18)25(19)24(27)29-16-17-8-3-2-4-9-17/h2-6,8-9,12-14,19-20H,7,10-11,15-16H2,1H3. The van der Waals surface area contributed by atoms with Crippen LogP contribution in [-0.2, 0) is 16.1 Å². The molecule has 1 fully saturated rings. The molecule has 0 N–H and O–H groups in total. The van der Waals surface area contributed by atoms with Gasteiger partial charge in [-0.2, -0.15) is 0 Å². The van der Waals surface area contributed by atoms with E-state index in [2.05, 4.69) is 6.08 Å². The smallest absolute Gasteiger partial charge is 0.410 e. The minimum Gasteiger partial charge on any atom is -0.465 e. The van der Waals surface area contributed by atoms with Gasteiger partial charge in [-0.3, -0.25) is 4.90 Å². The molecule has 2 aliphatic heterocycles. The molecule has 0 aromatic heterocycles. The van der Waals surface area contributed by atoms with E-state index in [4.69, 9.17) is 9.47 Å². The number of carbonyl (C=O) groups is 2. The molecule has 1 saturated heterocycles. The summed E-state index contributed by atoms with van der Waals surface area (Å²) in [5.41, 5.74) is 3.55. The Bertz CT molecular complexity index is 921. The number of benzene rings is 2. The third kappa shape index (κ3) is 4.04. The number of piperidine rings is 1. The van der Waals surface area contributed by atoms with E-state index in [9.17, 15) is 9.59 Å². The van der Waals surface area contributed by atoms with Crippen molar-refractivity contribution in [2.75, 3.05) is 7.11 Å². The van der Waals surface area contributed by atoms with E-state index in [0.717, 1.165) is 36.0 Å². The summed E-state index contributed by atoms with van der Waals surface area (Å²) >= 11 is 0. The quantitative estimate of drug-likeness (QED) is 0.701. The summed E-state index contributed by atoms with van der Waals surface area (Å²) < 4.78 is 10.6. The third-order valence-electron chi connectivity index (χ3n) is 5.73. The van der Waals surface area contributed by atoms with Crippen LogP contribution in [0.3, 0.4) is 0 Å². The first kappa shape index (κ1) is 19.2. The summed E-state index contributed by atoms with van der Waals surface area (Å²) in [6.07, 6.45) is 5.50. The monoisotopic (exact) mass is 391 g/mol. The molecule has 2 heterocycles. The van der Waals surface area contributed by atoms with Crippen molar-refractivity contribution in [2.24, 2.45) is 0 Å². The van der Waals surface area contributed by atoms with Crippen LogP contribution >= 0.6 is 0 Å². The topological polar surface area (TPSA) is 55.8 Å². The molecule has 1 amide bonds. The fourth-order valence-electron chi connectivity index (χ4n) is 4.36. The zero-order valence-electron chi connectivity index (χ0n) is 16.5. The lowest BCUT2D eigenvalue weighted by Gasteiger charge is -2.44. The molecule has 2 aromatic rings. The van der Waals surface area contributed by atoms with Crippen molar-refractivity contribution < 1.29 is 19.1 Å². The molecule has 2 unspecified atom stereocenters. The van der Waals surface area contributed by atoms with Gasteiger partial charge in [-0.15, -0.1) is 0 Å². The van der Waals surface area contributed by atoms with Crippen LogP contribution in [0.25, 0.3) is 5.57 Å². The second kappa shape index (κ2) is 8.52. The molecule has 5 nitrogen and oxygen atoms in total.